The third-order valence-corrected chi connectivity index (χ3v) is 4.77. The Hall–Kier alpha value is -3.61. The molecule has 0 aliphatic heterocycles. The number of carbonyl (C=O) groups excluding carboxylic acids is 2. The number of rotatable bonds is 10. The zero-order valence-electron chi connectivity index (χ0n) is 17.8. The number of carbonyl (C=O) groups is 2. The number of benzene rings is 2. The lowest BCUT2D eigenvalue weighted by molar-refractivity contribution is -0.141. The molecule has 1 heterocycles. The van der Waals surface area contributed by atoms with Gasteiger partial charge >= 0.3 is 5.97 Å². The third-order valence-electron chi connectivity index (χ3n) is 4.77. The van der Waals surface area contributed by atoms with Gasteiger partial charge in [0.25, 0.3) is 0 Å². The minimum atomic E-state index is -0.324. The average Bonchev–Trinajstić information content (AvgIpc) is 2.78. The van der Waals surface area contributed by atoms with Crippen LogP contribution in [0.2, 0.25) is 0 Å². The normalized spacial score (nSPS) is 10.5. The molecule has 0 N–H and O–H groups in total. The van der Waals surface area contributed by atoms with Gasteiger partial charge in [0.2, 0.25) is 0 Å². The van der Waals surface area contributed by atoms with E-state index < -0.39 is 0 Å². The predicted molar refractivity (Wildman–Crippen MR) is 116 cm³/mol. The zero-order chi connectivity index (χ0) is 22.2. The van der Waals surface area contributed by atoms with Gasteiger partial charge in [-0.2, -0.15) is 0 Å². The van der Waals surface area contributed by atoms with Gasteiger partial charge in [-0.05, 0) is 35.2 Å². The monoisotopic (exact) mass is 423 g/mol. The highest BCUT2D eigenvalue weighted by Crippen LogP contribution is 2.35. The van der Waals surface area contributed by atoms with Crippen LogP contribution in [-0.4, -0.2) is 44.7 Å². The van der Waals surface area contributed by atoms with Crippen LogP contribution in [0.3, 0.4) is 0 Å². The molecule has 1 aromatic heterocycles. The summed E-state index contributed by atoms with van der Waals surface area (Å²) in [5.74, 6) is 1.50. The van der Waals surface area contributed by atoms with Gasteiger partial charge in [0, 0.05) is 36.9 Å². The molecule has 0 saturated carbocycles. The van der Waals surface area contributed by atoms with Crippen molar-refractivity contribution in [1.29, 1.82) is 0 Å². The van der Waals surface area contributed by atoms with E-state index >= 15 is 0 Å². The van der Waals surface area contributed by atoms with E-state index in [2.05, 4.69) is 4.98 Å². The molecule has 0 atom stereocenters. The van der Waals surface area contributed by atoms with Gasteiger partial charge in [-0.15, -0.1) is 0 Å². The Bertz CT molecular complexity index is 1080. The summed E-state index contributed by atoms with van der Waals surface area (Å²) in [6, 6.07) is 11.4. The van der Waals surface area contributed by atoms with Crippen molar-refractivity contribution in [2.45, 2.75) is 19.8 Å². The number of aromatic nitrogens is 1. The molecule has 162 valence electrons. The fourth-order valence-corrected chi connectivity index (χ4v) is 3.26. The van der Waals surface area contributed by atoms with E-state index in [1.165, 1.54) is 6.92 Å². The van der Waals surface area contributed by atoms with Crippen molar-refractivity contribution in [2.75, 3.05) is 27.4 Å². The molecule has 2 aromatic carbocycles. The zero-order valence-corrected chi connectivity index (χ0v) is 17.8. The first-order valence-electron chi connectivity index (χ1n) is 9.89. The van der Waals surface area contributed by atoms with Crippen LogP contribution < -0.4 is 14.2 Å². The molecule has 3 aromatic rings. The van der Waals surface area contributed by atoms with Gasteiger partial charge in [0.15, 0.2) is 17.8 Å². The molecule has 0 saturated heterocycles. The van der Waals surface area contributed by atoms with E-state index in [1.807, 2.05) is 30.3 Å². The Balaban J connectivity index is 1.92. The lowest BCUT2D eigenvalue weighted by atomic mass is 10.00. The highest BCUT2D eigenvalue weighted by atomic mass is 16.5. The standard InChI is InChI=1S/C24H25NO6/c1-16(27)30-8-5-9-31-24-12-20-18(15-26)14-25-22(21(20)13-23(24)29-3)11-17-6-4-7-19(10-17)28-2/h4,6-7,10,12-15H,5,8-9,11H2,1-3H3. The van der Waals surface area contributed by atoms with Crippen LogP contribution in [0.5, 0.6) is 17.2 Å². The highest BCUT2D eigenvalue weighted by Gasteiger charge is 2.14. The summed E-state index contributed by atoms with van der Waals surface area (Å²) < 4.78 is 21.6. The van der Waals surface area contributed by atoms with Gasteiger partial charge < -0.3 is 18.9 Å². The molecule has 0 radical (unpaired) electrons. The van der Waals surface area contributed by atoms with Crippen LogP contribution in [0.25, 0.3) is 10.8 Å². The molecule has 0 unspecified atom stereocenters. The smallest absolute Gasteiger partial charge is 0.302 e. The second-order valence-corrected chi connectivity index (χ2v) is 6.90. The predicted octanol–water partition coefficient (Wildman–Crippen LogP) is 3.99. The van der Waals surface area contributed by atoms with E-state index in [1.54, 1.807) is 26.5 Å². The second-order valence-electron chi connectivity index (χ2n) is 6.90. The molecule has 0 aliphatic rings. The van der Waals surface area contributed by atoms with Crippen molar-refractivity contribution in [3.63, 3.8) is 0 Å². The summed E-state index contributed by atoms with van der Waals surface area (Å²) in [4.78, 5) is 27.0. The minimum absolute atomic E-state index is 0.277. The Morgan fingerprint density at radius 3 is 2.55 bits per heavy atom. The van der Waals surface area contributed by atoms with Crippen LogP contribution in [0.1, 0.15) is 35.0 Å². The quantitative estimate of drug-likeness (QED) is 0.277. The molecular weight excluding hydrogens is 398 g/mol. The first-order chi connectivity index (χ1) is 15.0. The molecule has 0 fully saturated rings. The highest BCUT2D eigenvalue weighted by molar-refractivity contribution is 6.00. The molecule has 3 rings (SSSR count). The van der Waals surface area contributed by atoms with Crippen LogP contribution in [0.4, 0.5) is 0 Å². The summed E-state index contributed by atoms with van der Waals surface area (Å²) in [6.07, 6.45) is 3.46. The maximum Gasteiger partial charge on any atom is 0.302 e. The van der Waals surface area contributed by atoms with Gasteiger partial charge in [-0.1, -0.05) is 12.1 Å². The molecule has 0 aliphatic carbocycles. The molecule has 7 heteroatoms. The van der Waals surface area contributed by atoms with Gasteiger partial charge in [-0.25, -0.2) is 0 Å². The SMILES string of the molecule is COc1cccc(Cc2ncc(C=O)c3cc(OCCCOC(C)=O)c(OC)cc23)c1. The summed E-state index contributed by atoms with van der Waals surface area (Å²) in [5, 5.41) is 1.55. The van der Waals surface area contributed by atoms with Crippen LogP contribution in [0.15, 0.2) is 42.6 Å². The topological polar surface area (TPSA) is 84.0 Å². The van der Waals surface area contributed by atoms with E-state index in [9.17, 15) is 9.59 Å². The van der Waals surface area contributed by atoms with Gasteiger partial charge in [0.1, 0.15) is 5.75 Å². The fourth-order valence-electron chi connectivity index (χ4n) is 3.26. The minimum Gasteiger partial charge on any atom is -0.497 e. The first-order valence-corrected chi connectivity index (χ1v) is 9.89. The van der Waals surface area contributed by atoms with E-state index in [4.69, 9.17) is 18.9 Å². The van der Waals surface area contributed by atoms with Crippen LogP contribution in [0, 0.1) is 0 Å². The molecular formula is C24H25NO6. The number of ether oxygens (including phenoxy) is 4. The second kappa shape index (κ2) is 10.4. The third kappa shape index (κ3) is 5.51. The summed E-state index contributed by atoms with van der Waals surface area (Å²) in [6.45, 7) is 1.98. The Morgan fingerprint density at radius 2 is 1.84 bits per heavy atom. The summed E-state index contributed by atoms with van der Waals surface area (Å²) in [7, 11) is 3.19. The molecule has 0 spiro atoms. The summed E-state index contributed by atoms with van der Waals surface area (Å²) in [5.41, 5.74) is 2.32. The van der Waals surface area contributed by atoms with Gasteiger partial charge in [0.05, 0.1) is 33.1 Å². The number of pyridine rings is 1. The molecule has 0 amide bonds. The maximum absolute atomic E-state index is 11.6. The number of methoxy groups -OCH3 is 2. The van der Waals surface area contributed by atoms with E-state index in [-0.39, 0.29) is 12.6 Å². The Labute approximate surface area is 180 Å². The van der Waals surface area contributed by atoms with Crippen LogP contribution in [-0.2, 0) is 16.0 Å². The number of nitrogens with zero attached hydrogens (tertiary/aromatic N) is 1. The lowest BCUT2D eigenvalue weighted by Gasteiger charge is -2.15. The Kier molecular flexibility index (Phi) is 7.43. The fraction of sp³-hybridized carbons (Fsp3) is 0.292. The van der Waals surface area contributed by atoms with Crippen molar-refractivity contribution in [2.24, 2.45) is 0 Å². The largest absolute Gasteiger partial charge is 0.497 e. The molecule has 7 nitrogen and oxygen atoms in total. The number of esters is 1. The summed E-state index contributed by atoms with van der Waals surface area (Å²) >= 11 is 0. The van der Waals surface area contributed by atoms with E-state index in [0.29, 0.717) is 36.5 Å². The average molecular weight is 423 g/mol. The van der Waals surface area contributed by atoms with Crippen molar-refractivity contribution in [1.82, 2.24) is 4.98 Å². The number of hydrogen-bond donors (Lipinski definition) is 0. The van der Waals surface area contributed by atoms with Crippen molar-refractivity contribution in [3.05, 3.63) is 59.4 Å². The molecule has 31 heavy (non-hydrogen) atoms. The van der Waals surface area contributed by atoms with Crippen molar-refractivity contribution < 1.29 is 28.5 Å². The number of aldehydes is 1. The van der Waals surface area contributed by atoms with Crippen molar-refractivity contribution in [3.8, 4) is 17.2 Å². The first kappa shape index (κ1) is 22.1. The molecule has 0 bridgehead atoms. The van der Waals surface area contributed by atoms with Crippen molar-refractivity contribution >= 4 is 23.0 Å². The number of fused-ring (bicyclic) bond motifs is 1. The van der Waals surface area contributed by atoms with Gasteiger partial charge in [-0.3, -0.25) is 14.6 Å². The van der Waals surface area contributed by atoms with E-state index in [0.717, 1.165) is 34.1 Å². The maximum atomic E-state index is 11.6. The Morgan fingerprint density at radius 1 is 1.03 bits per heavy atom. The lowest BCUT2D eigenvalue weighted by Crippen LogP contribution is -2.07. The van der Waals surface area contributed by atoms with Crippen LogP contribution >= 0.6 is 0 Å². The number of hydrogen-bond acceptors (Lipinski definition) is 7.